The number of rotatable bonds is 1. The molecule has 0 bridgehead atoms. The highest BCUT2D eigenvalue weighted by Gasteiger charge is 2.13. The van der Waals surface area contributed by atoms with Gasteiger partial charge in [-0.1, -0.05) is 42.0 Å². The minimum absolute atomic E-state index is 0.917. The van der Waals surface area contributed by atoms with Crippen LogP contribution in [0.2, 0.25) is 0 Å². The highest BCUT2D eigenvalue weighted by atomic mass is 16.3. The quantitative estimate of drug-likeness (QED) is 0.299. The Bertz CT molecular complexity index is 1530. The summed E-state index contributed by atoms with van der Waals surface area (Å²) in [5.41, 5.74) is 8.44. The van der Waals surface area contributed by atoms with Crippen LogP contribution in [0.5, 0.6) is 0 Å². The molecule has 0 fully saturated rings. The molecule has 2 heteroatoms. The standard InChI is InChI=1S/C26H18O2/c1-15-7-10-23-21(11-15)19-9-8-17(13-24(19)27-23)18-12-16(2)26-20-5-3-4-6-22(20)28-25(26)14-18/h3-14H,1-2H3. The molecular formula is C26H18O2. The third-order valence-corrected chi connectivity index (χ3v) is 5.64. The second-order valence-corrected chi connectivity index (χ2v) is 7.58. The Morgan fingerprint density at radius 2 is 1.32 bits per heavy atom. The van der Waals surface area contributed by atoms with Crippen LogP contribution in [0, 0.1) is 13.8 Å². The van der Waals surface area contributed by atoms with E-state index >= 15 is 0 Å². The largest absolute Gasteiger partial charge is 0.456 e. The molecule has 0 unspecified atom stereocenters. The van der Waals surface area contributed by atoms with Gasteiger partial charge >= 0.3 is 0 Å². The monoisotopic (exact) mass is 362 g/mol. The van der Waals surface area contributed by atoms with Crippen LogP contribution < -0.4 is 0 Å². The summed E-state index contributed by atoms with van der Waals surface area (Å²) in [6, 6.07) is 25.4. The maximum absolute atomic E-state index is 6.12. The van der Waals surface area contributed by atoms with E-state index in [0.29, 0.717) is 0 Å². The van der Waals surface area contributed by atoms with Crippen molar-refractivity contribution in [2.24, 2.45) is 0 Å². The molecule has 2 heterocycles. The van der Waals surface area contributed by atoms with Gasteiger partial charge in [-0.2, -0.15) is 0 Å². The maximum atomic E-state index is 6.12. The lowest BCUT2D eigenvalue weighted by Gasteiger charge is -2.05. The molecule has 6 rings (SSSR count). The highest BCUT2D eigenvalue weighted by Crippen LogP contribution is 2.37. The fraction of sp³-hybridized carbons (Fsp3) is 0.0769. The Labute approximate surface area is 162 Å². The molecule has 2 nitrogen and oxygen atoms in total. The Hall–Kier alpha value is -3.52. The van der Waals surface area contributed by atoms with E-state index in [0.717, 1.165) is 38.8 Å². The molecule has 134 valence electrons. The van der Waals surface area contributed by atoms with Crippen molar-refractivity contribution in [2.75, 3.05) is 0 Å². The number of furan rings is 2. The van der Waals surface area contributed by atoms with E-state index in [4.69, 9.17) is 8.83 Å². The van der Waals surface area contributed by atoms with Gasteiger partial charge in [-0.25, -0.2) is 0 Å². The van der Waals surface area contributed by atoms with Crippen LogP contribution in [-0.2, 0) is 0 Å². The molecule has 0 aliphatic carbocycles. The normalized spacial score (nSPS) is 11.9. The second-order valence-electron chi connectivity index (χ2n) is 7.58. The molecule has 2 aromatic heterocycles. The van der Waals surface area contributed by atoms with Gasteiger partial charge in [0.05, 0.1) is 0 Å². The van der Waals surface area contributed by atoms with E-state index in [2.05, 4.69) is 74.5 Å². The number of hydrogen-bond donors (Lipinski definition) is 0. The molecule has 6 aromatic rings. The zero-order valence-electron chi connectivity index (χ0n) is 15.7. The average molecular weight is 362 g/mol. The van der Waals surface area contributed by atoms with Crippen molar-refractivity contribution in [2.45, 2.75) is 13.8 Å². The van der Waals surface area contributed by atoms with Crippen molar-refractivity contribution in [1.29, 1.82) is 0 Å². The van der Waals surface area contributed by atoms with Crippen LogP contribution in [0.4, 0.5) is 0 Å². The summed E-state index contributed by atoms with van der Waals surface area (Å²) < 4.78 is 12.2. The Morgan fingerprint density at radius 3 is 2.25 bits per heavy atom. The molecule has 0 aliphatic rings. The molecule has 0 spiro atoms. The molecule has 28 heavy (non-hydrogen) atoms. The smallest absolute Gasteiger partial charge is 0.136 e. The Kier molecular flexibility index (Phi) is 3.05. The predicted molar refractivity (Wildman–Crippen MR) is 116 cm³/mol. The summed E-state index contributed by atoms with van der Waals surface area (Å²) in [5, 5.41) is 4.69. The van der Waals surface area contributed by atoms with E-state index in [-0.39, 0.29) is 0 Å². The lowest BCUT2D eigenvalue weighted by molar-refractivity contribution is 0.668. The van der Waals surface area contributed by atoms with E-state index in [1.54, 1.807) is 0 Å². The second kappa shape index (κ2) is 5.49. The lowest BCUT2D eigenvalue weighted by Crippen LogP contribution is -1.81. The van der Waals surface area contributed by atoms with Crippen molar-refractivity contribution < 1.29 is 8.83 Å². The molecule has 4 aromatic carbocycles. The van der Waals surface area contributed by atoms with Gasteiger partial charge in [-0.3, -0.25) is 0 Å². The van der Waals surface area contributed by atoms with Crippen LogP contribution >= 0.6 is 0 Å². The summed E-state index contributed by atoms with van der Waals surface area (Å²) in [6.07, 6.45) is 0. The van der Waals surface area contributed by atoms with Crippen molar-refractivity contribution in [3.8, 4) is 11.1 Å². The zero-order chi connectivity index (χ0) is 18.8. The lowest BCUT2D eigenvalue weighted by atomic mass is 9.98. The van der Waals surface area contributed by atoms with Gasteiger partial charge in [0, 0.05) is 21.5 Å². The first kappa shape index (κ1) is 15.5. The van der Waals surface area contributed by atoms with Crippen molar-refractivity contribution in [3.63, 3.8) is 0 Å². The third-order valence-electron chi connectivity index (χ3n) is 5.64. The molecule has 0 radical (unpaired) electrons. The minimum Gasteiger partial charge on any atom is -0.456 e. The molecule has 0 aliphatic heterocycles. The molecule has 0 N–H and O–H groups in total. The van der Waals surface area contributed by atoms with Gasteiger partial charge in [-0.05, 0) is 66.9 Å². The topological polar surface area (TPSA) is 26.3 Å². The summed E-state index contributed by atoms with van der Waals surface area (Å²) >= 11 is 0. The minimum atomic E-state index is 0.917. The predicted octanol–water partition coefficient (Wildman–Crippen LogP) is 7.77. The summed E-state index contributed by atoms with van der Waals surface area (Å²) in [5.74, 6) is 0. The third kappa shape index (κ3) is 2.15. The van der Waals surface area contributed by atoms with Gasteiger partial charge in [-0.15, -0.1) is 0 Å². The van der Waals surface area contributed by atoms with Crippen molar-refractivity contribution >= 4 is 43.9 Å². The Balaban J connectivity index is 1.58. The first-order valence-electron chi connectivity index (χ1n) is 9.52. The fourth-order valence-electron chi connectivity index (χ4n) is 4.30. The molecule has 0 saturated carbocycles. The van der Waals surface area contributed by atoms with Crippen LogP contribution in [-0.4, -0.2) is 0 Å². The molecule has 0 saturated heterocycles. The molecular weight excluding hydrogens is 344 g/mol. The summed E-state index contributed by atoms with van der Waals surface area (Å²) in [6.45, 7) is 4.26. The van der Waals surface area contributed by atoms with Gasteiger partial charge in [0.1, 0.15) is 22.3 Å². The number of aryl methyl sites for hydroxylation is 2. The highest BCUT2D eigenvalue weighted by molar-refractivity contribution is 6.09. The van der Waals surface area contributed by atoms with Gasteiger partial charge in [0.15, 0.2) is 0 Å². The number of para-hydroxylation sites is 1. The average Bonchev–Trinajstić information content (AvgIpc) is 3.25. The summed E-state index contributed by atoms with van der Waals surface area (Å²) in [4.78, 5) is 0. The van der Waals surface area contributed by atoms with Crippen LogP contribution in [0.15, 0.2) is 81.6 Å². The van der Waals surface area contributed by atoms with Crippen molar-refractivity contribution in [3.05, 3.63) is 83.9 Å². The van der Waals surface area contributed by atoms with Crippen molar-refractivity contribution in [1.82, 2.24) is 0 Å². The summed E-state index contributed by atoms with van der Waals surface area (Å²) in [7, 11) is 0. The van der Waals surface area contributed by atoms with E-state index in [1.165, 1.54) is 27.3 Å². The van der Waals surface area contributed by atoms with Gasteiger partial charge in [0.2, 0.25) is 0 Å². The van der Waals surface area contributed by atoms with Crippen LogP contribution in [0.1, 0.15) is 11.1 Å². The molecule has 0 atom stereocenters. The Morgan fingerprint density at radius 1 is 0.536 bits per heavy atom. The van der Waals surface area contributed by atoms with E-state index < -0.39 is 0 Å². The van der Waals surface area contributed by atoms with Crippen LogP contribution in [0.25, 0.3) is 55.0 Å². The first-order valence-corrected chi connectivity index (χ1v) is 9.52. The van der Waals surface area contributed by atoms with E-state index in [9.17, 15) is 0 Å². The maximum Gasteiger partial charge on any atom is 0.136 e. The van der Waals surface area contributed by atoms with Gasteiger partial charge in [0.25, 0.3) is 0 Å². The number of fused-ring (bicyclic) bond motifs is 6. The van der Waals surface area contributed by atoms with E-state index in [1.807, 2.05) is 12.1 Å². The van der Waals surface area contributed by atoms with Crippen LogP contribution in [0.3, 0.4) is 0 Å². The number of hydrogen-bond acceptors (Lipinski definition) is 2. The molecule has 0 amide bonds. The number of benzene rings is 4. The van der Waals surface area contributed by atoms with Gasteiger partial charge < -0.3 is 8.83 Å². The first-order chi connectivity index (χ1) is 13.7. The zero-order valence-corrected chi connectivity index (χ0v) is 15.7. The SMILES string of the molecule is Cc1ccc2oc3cc(-c4cc(C)c5c(c4)oc4ccccc45)ccc3c2c1. The fourth-order valence-corrected chi connectivity index (χ4v) is 4.30.